The van der Waals surface area contributed by atoms with Gasteiger partial charge in [-0.2, -0.15) is 0 Å². The Morgan fingerprint density at radius 2 is 2.04 bits per heavy atom. The van der Waals surface area contributed by atoms with E-state index in [-0.39, 0.29) is 17.0 Å². The molecule has 1 saturated heterocycles. The number of benzene rings is 1. The van der Waals surface area contributed by atoms with Crippen molar-refractivity contribution in [1.82, 2.24) is 15.4 Å². The molecule has 0 saturated carbocycles. The van der Waals surface area contributed by atoms with E-state index in [0.29, 0.717) is 30.6 Å². The summed E-state index contributed by atoms with van der Waals surface area (Å²) >= 11 is 5.92. The van der Waals surface area contributed by atoms with E-state index >= 15 is 0 Å². The molecular weight excluding hydrogens is 366 g/mol. The van der Waals surface area contributed by atoms with E-state index < -0.39 is 0 Å². The van der Waals surface area contributed by atoms with Gasteiger partial charge in [-0.15, -0.1) is 0 Å². The molecule has 2 heterocycles. The van der Waals surface area contributed by atoms with Gasteiger partial charge in [-0.3, -0.25) is 9.59 Å². The molecule has 1 aromatic carbocycles. The molecule has 1 N–H and O–H groups in total. The zero-order valence-corrected chi connectivity index (χ0v) is 16.2. The largest absolute Gasteiger partial charge is 0.352 e. The van der Waals surface area contributed by atoms with Crippen molar-refractivity contribution in [2.45, 2.75) is 45.6 Å². The first-order valence-corrected chi connectivity index (χ1v) is 9.68. The Balaban J connectivity index is 1.52. The summed E-state index contributed by atoms with van der Waals surface area (Å²) in [5.74, 6) is -0.0140. The van der Waals surface area contributed by atoms with Crippen molar-refractivity contribution in [2.24, 2.45) is 0 Å². The van der Waals surface area contributed by atoms with E-state index in [9.17, 15) is 9.59 Å². The van der Waals surface area contributed by atoms with Crippen LogP contribution in [0.25, 0.3) is 0 Å². The van der Waals surface area contributed by atoms with E-state index in [1.165, 1.54) is 6.42 Å². The Bertz CT molecular complexity index is 793. The molecule has 0 bridgehead atoms. The zero-order chi connectivity index (χ0) is 19.2. The Morgan fingerprint density at radius 1 is 1.26 bits per heavy atom. The van der Waals surface area contributed by atoms with E-state index in [1.807, 2.05) is 29.2 Å². The summed E-state index contributed by atoms with van der Waals surface area (Å²) in [5.41, 5.74) is 3.05. The molecule has 1 aliphatic heterocycles. The number of likely N-dealkylation sites (tertiary alicyclic amines) is 1. The number of hydrogen-bond donors (Lipinski definition) is 1. The Hall–Kier alpha value is -2.34. The minimum Gasteiger partial charge on any atom is -0.352 e. The van der Waals surface area contributed by atoms with Crippen LogP contribution in [0.3, 0.4) is 0 Å². The first-order chi connectivity index (χ1) is 13.0. The third-order valence-corrected chi connectivity index (χ3v) is 5.14. The molecule has 6 nitrogen and oxygen atoms in total. The molecule has 144 valence electrons. The monoisotopic (exact) mass is 389 g/mol. The van der Waals surface area contributed by atoms with Gasteiger partial charge < -0.3 is 14.7 Å². The van der Waals surface area contributed by atoms with Crippen molar-refractivity contribution in [3.63, 3.8) is 0 Å². The molecule has 1 aliphatic rings. The number of halogens is 1. The summed E-state index contributed by atoms with van der Waals surface area (Å²) < 4.78 is 4.89. The number of rotatable bonds is 6. The van der Waals surface area contributed by atoms with Crippen molar-refractivity contribution in [3.8, 4) is 0 Å². The molecule has 2 amide bonds. The van der Waals surface area contributed by atoms with Gasteiger partial charge in [-0.1, -0.05) is 17.3 Å². The van der Waals surface area contributed by atoms with Gasteiger partial charge >= 0.3 is 0 Å². The highest BCUT2D eigenvalue weighted by molar-refractivity contribution is 6.29. The highest BCUT2D eigenvalue weighted by Crippen LogP contribution is 2.20. The van der Waals surface area contributed by atoms with Gasteiger partial charge in [0.05, 0.1) is 5.69 Å². The van der Waals surface area contributed by atoms with Gasteiger partial charge in [0.25, 0.3) is 5.91 Å². The van der Waals surface area contributed by atoms with Crippen LogP contribution in [0.2, 0.25) is 5.22 Å². The maximum atomic E-state index is 12.6. The molecular formula is C20H24ClN3O3. The van der Waals surface area contributed by atoms with Crippen LogP contribution in [-0.2, 0) is 17.8 Å². The fraction of sp³-hybridized carbons (Fsp3) is 0.450. The maximum Gasteiger partial charge on any atom is 0.253 e. The Kier molecular flexibility index (Phi) is 6.50. The number of piperidine rings is 1. The predicted molar refractivity (Wildman–Crippen MR) is 103 cm³/mol. The number of hydrogen-bond acceptors (Lipinski definition) is 4. The molecule has 0 radical (unpaired) electrons. The van der Waals surface area contributed by atoms with Crippen LogP contribution < -0.4 is 5.32 Å². The van der Waals surface area contributed by atoms with E-state index in [4.69, 9.17) is 16.1 Å². The number of carbonyl (C=O) groups excluding carboxylic acids is 2. The first kappa shape index (κ1) is 19.4. The third kappa shape index (κ3) is 5.10. The molecule has 27 heavy (non-hydrogen) atoms. The van der Waals surface area contributed by atoms with Crippen molar-refractivity contribution in [1.29, 1.82) is 0 Å². The number of nitrogens with one attached hydrogen (secondary N) is 1. The number of amides is 2. The lowest BCUT2D eigenvalue weighted by atomic mass is 10.1. The minimum atomic E-state index is -0.0839. The smallest absolute Gasteiger partial charge is 0.253 e. The van der Waals surface area contributed by atoms with Gasteiger partial charge in [0, 0.05) is 37.2 Å². The lowest BCUT2D eigenvalue weighted by molar-refractivity contribution is -0.121. The van der Waals surface area contributed by atoms with E-state index in [2.05, 4.69) is 10.5 Å². The lowest BCUT2D eigenvalue weighted by Crippen LogP contribution is -2.35. The topological polar surface area (TPSA) is 75.4 Å². The van der Waals surface area contributed by atoms with Crippen LogP contribution in [0.15, 0.2) is 28.8 Å². The zero-order valence-electron chi connectivity index (χ0n) is 15.5. The minimum absolute atomic E-state index is 0.0699. The number of carbonyl (C=O) groups is 2. The average molecular weight is 390 g/mol. The number of nitrogens with zero attached hydrogens (tertiary/aromatic N) is 2. The second kappa shape index (κ2) is 9.04. The summed E-state index contributed by atoms with van der Waals surface area (Å²) in [7, 11) is 0. The summed E-state index contributed by atoms with van der Waals surface area (Å²) in [5, 5.41) is 6.91. The second-order valence-electron chi connectivity index (χ2n) is 6.85. The number of aryl methyl sites for hydroxylation is 1. The van der Waals surface area contributed by atoms with Crippen LogP contribution >= 0.6 is 11.6 Å². The molecule has 7 heteroatoms. The summed E-state index contributed by atoms with van der Waals surface area (Å²) in [6.45, 7) is 3.83. The number of aromatic nitrogens is 1. The maximum absolute atomic E-state index is 12.6. The molecule has 0 atom stereocenters. The molecule has 1 fully saturated rings. The highest BCUT2D eigenvalue weighted by atomic mass is 35.5. The Morgan fingerprint density at radius 3 is 2.74 bits per heavy atom. The van der Waals surface area contributed by atoms with Gasteiger partial charge in [-0.25, -0.2) is 0 Å². The normalized spacial score (nSPS) is 14.2. The molecule has 0 aliphatic carbocycles. The van der Waals surface area contributed by atoms with Crippen molar-refractivity contribution in [2.75, 3.05) is 13.1 Å². The van der Waals surface area contributed by atoms with E-state index in [0.717, 1.165) is 37.1 Å². The van der Waals surface area contributed by atoms with Gasteiger partial charge in [0.15, 0.2) is 0 Å². The van der Waals surface area contributed by atoms with Crippen LogP contribution in [0, 0.1) is 6.92 Å². The summed E-state index contributed by atoms with van der Waals surface area (Å²) in [4.78, 5) is 26.6. The molecule has 1 aromatic heterocycles. The van der Waals surface area contributed by atoms with Gasteiger partial charge in [0.2, 0.25) is 11.1 Å². The fourth-order valence-corrected chi connectivity index (χ4v) is 3.53. The standard InChI is InChI=1S/C20H24ClN3O3/c1-14-17(19(21)27-23-14)8-9-18(25)22-13-15-6-5-7-16(12-15)20(26)24-10-3-2-4-11-24/h5-7,12H,2-4,8-11,13H2,1H3,(H,22,25). The molecule has 0 spiro atoms. The fourth-order valence-electron chi connectivity index (χ4n) is 3.26. The quantitative estimate of drug-likeness (QED) is 0.820. The summed E-state index contributed by atoms with van der Waals surface area (Å²) in [6.07, 6.45) is 4.10. The van der Waals surface area contributed by atoms with Crippen LogP contribution in [0.5, 0.6) is 0 Å². The van der Waals surface area contributed by atoms with Crippen LogP contribution in [0.4, 0.5) is 0 Å². The van der Waals surface area contributed by atoms with E-state index in [1.54, 1.807) is 6.92 Å². The lowest BCUT2D eigenvalue weighted by Gasteiger charge is -2.26. The second-order valence-corrected chi connectivity index (χ2v) is 7.19. The Labute approximate surface area is 163 Å². The van der Waals surface area contributed by atoms with Crippen molar-refractivity contribution < 1.29 is 14.1 Å². The van der Waals surface area contributed by atoms with Gasteiger partial charge in [0.1, 0.15) is 0 Å². The highest BCUT2D eigenvalue weighted by Gasteiger charge is 2.18. The van der Waals surface area contributed by atoms with Crippen LogP contribution in [-0.4, -0.2) is 35.0 Å². The first-order valence-electron chi connectivity index (χ1n) is 9.30. The van der Waals surface area contributed by atoms with Gasteiger partial charge in [-0.05, 0) is 61.9 Å². The SMILES string of the molecule is Cc1noc(Cl)c1CCC(=O)NCc1cccc(C(=O)N2CCCCC2)c1. The molecule has 0 unspecified atom stereocenters. The molecule has 2 aromatic rings. The van der Waals surface area contributed by atoms with Crippen LogP contribution in [0.1, 0.15) is 52.9 Å². The van der Waals surface area contributed by atoms with Crippen molar-refractivity contribution in [3.05, 3.63) is 51.9 Å². The predicted octanol–water partition coefficient (Wildman–Crippen LogP) is 3.51. The molecule has 3 rings (SSSR count). The average Bonchev–Trinajstić information content (AvgIpc) is 3.02. The van der Waals surface area contributed by atoms with Crippen molar-refractivity contribution >= 4 is 23.4 Å². The summed E-state index contributed by atoms with van der Waals surface area (Å²) in [6, 6.07) is 7.46. The third-order valence-electron chi connectivity index (χ3n) is 4.85.